The molecule has 0 bridgehead atoms. The molecule has 0 unspecified atom stereocenters. The highest BCUT2D eigenvalue weighted by Crippen LogP contribution is 2.24. The highest BCUT2D eigenvalue weighted by atomic mass is 35.5. The van der Waals surface area contributed by atoms with Gasteiger partial charge < -0.3 is 15.7 Å². The minimum absolute atomic E-state index is 0.00128. The molecule has 0 saturated carbocycles. The monoisotopic (exact) mass is 277 g/mol. The molecule has 0 atom stereocenters. The molecular weight excluding hydrogens is 266 g/mol. The molecule has 1 aromatic heterocycles. The lowest BCUT2D eigenvalue weighted by Crippen LogP contribution is -2.13. The fourth-order valence-corrected chi connectivity index (χ4v) is 1.57. The van der Waals surface area contributed by atoms with Crippen LogP contribution in [0.15, 0.2) is 41.7 Å². The van der Waals surface area contributed by atoms with Crippen LogP contribution in [-0.2, 0) is 0 Å². The van der Waals surface area contributed by atoms with Crippen molar-refractivity contribution in [1.29, 1.82) is 0 Å². The Morgan fingerprint density at radius 3 is 2.74 bits per heavy atom. The van der Waals surface area contributed by atoms with Gasteiger partial charge in [0.05, 0.1) is 0 Å². The SMILES string of the molecule is Cc1cc(Oc2ccc(/C(N)=N/O)cn2)ccc1Cl. The van der Waals surface area contributed by atoms with Gasteiger partial charge in [-0.3, -0.25) is 0 Å². The Labute approximate surface area is 115 Å². The first-order valence-electron chi connectivity index (χ1n) is 5.48. The summed E-state index contributed by atoms with van der Waals surface area (Å²) in [6, 6.07) is 8.63. The Morgan fingerprint density at radius 2 is 2.16 bits per heavy atom. The molecular formula is C13H12ClN3O2. The number of benzene rings is 1. The Kier molecular flexibility index (Phi) is 3.87. The predicted octanol–water partition coefficient (Wildman–Crippen LogP) is 2.93. The van der Waals surface area contributed by atoms with Crippen LogP contribution in [0.4, 0.5) is 0 Å². The normalized spacial score (nSPS) is 11.4. The van der Waals surface area contributed by atoms with Crippen LogP contribution in [-0.4, -0.2) is 16.0 Å². The second-order valence-electron chi connectivity index (χ2n) is 3.88. The van der Waals surface area contributed by atoms with E-state index in [0.717, 1.165) is 5.56 Å². The Morgan fingerprint density at radius 1 is 1.37 bits per heavy atom. The van der Waals surface area contributed by atoms with E-state index >= 15 is 0 Å². The molecule has 0 fully saturated rings. The number of ether oxygens (including phenoxy) is 1. The number of hydrogen-bond donors (Lipinski definition) is 2. The molecule has 0 aliphatic carbocycles. The fraction of sp³-hybridized carbons (Fsp3) is 0.0769. The first kappa shape index (κ1) is 13.2. The molecule has 5 nitrogen and oxygen atoms in total. The summed E-state index contributed by atoms with van der Waals surface area (Å²) in [4.78, 5) is 4.07. The molecule has 98 valence electrons. The van der Waals surface area contributed by atoms with Gasteiger partial charge in [-0.05, 0) is 36.8 Å². The van der Waals surface area contributed by atoms with Gasteiger partial charge in [-0.2, -0.15) is 0 Å². The molecule has 1 heterocycles. The molecule has 3 N–H and O–H groups in total. The third-order valence-corrected chi connectivity index (χ3v) is 2.92. The molecule has 0 radical (unpaired) electrons. The number of oxime groups is 1. The summed E-state index contributed by atoms with van der Waals surface area (Å²) in [5.74, 6) is 1.06. The van der Waals surface area contributed by atoms with Crippen LogP contribution >= 0.6 is 11.6 Å². The van der Waals surface area contributed by atoms with Crippen molar-refractivity contribution >= 4 is 17.4 Å². The van der Waals surface area contributed by atoms with Crippen LogP contribution < -0.4 is 10.5 Å². The highest BCUT2D eigenvalue weighted by Gasteiger charge is 2.03. The van der Waals surface area contributed by atoms with E-state index in [4.69, 9.17) is 27.3 Å². The second kappa shape index (κ2) is 5.58. The zero-order chi connectivity index (χ0) is 13.8. The van der Waals surface area contributed by atoms with Crippen LogP contribution in [0.1, 0.15) is 11.1 Å². The number of halogens is 1. The summed E-state index contributed by atoms with van der Waals surface area (Å²) >= 11 is 5.93. The maximum absolute atomic E-state index is 8.54. The van der Waals surface area contributed by atoms with Crippen molar-refractivity contribution in [3.63, 3.8) is 0 Å². The summed E-state index contributed by atoms with van der Waals surface area (Å²) < 4.78 is 5.57. The minimum atomic E-state index is 0.00128. The number of nitrogens with two attached hydrogens (primary N) is 1. The smallest absolute Gasteiger partial charge is 0.219 e. The van der Waals surface area contributed by atoms with Crippen molar-refractivity contribution in [1.82, 2.24) is 4.98 Å². The largest absolute Gasteiger partial charge is 0.439 e. The van der Waals surface area contributed by atoms with Crippen LogP contribution in [0.2, 0.25) is 5.02 Å². The molecule has 2 aromatic rings. The number of aryl methyl sites for hydroxylation is 1. The summed E-state index contributed by atoms with van der Waals surface area (Å²) in [6.07, 6.45) is 1.47. The van der Waals surface area contributed by atoms with E-state index < -0.39 is 0 Å². The predicted molar refractivity (Wildman–Crippen MR) is 73.0 cm³/mol. The number of rotatable bonds is 3. The van der Waals surface area contributed by atoms with Crippen molar-refractivity contribution in [3.8, 4) is 11.6 Å². The van der Waals surface area contributed by atoms with E-state index in [9.17, 15) is 0 Å². The topological polar surface area (TPSA) is 80.7 Å². The molecule has 0 spiro atoms. The van der Waals surface area contributed by atoms with Crippen LogP contribution in [0.5, 0.6) is 11.6 Å². The summed E-state index contributed by atoms with van der Waals surface area (Å²) in [5, 5.41) is 12.1. The standard InChI is InChI=1S/C13H12ClN3O2/c1-8-6-10(3-4-11(8)14)19-12-5-2-9(7-16-12)13(15)17-18/h2-7,18H,1H3,(H2,15,17). The van der Waals surface area contributed by atoms with Gasteiger partial charge in [-0.15, -0.1) is 0 Å². The molecule has 0 saturated heterocycles. The van der Waals surface area contributed by atoms with Crippen LogP contribution in [0.25, 0.3) is 0 Å². The number of nitrogens with zero attached hydrogens (tertiary/aromatic N) is 2. The Hall–Kier alpha value is -2.27. The van der Waals surface area contributed by atoms with Crippen LogP contribution in [0, 0.1) is 6.92 Å². The van der Waals surface area contributed by atoms with Gasteiger partial charge in [0.25, 0.3) is 0 Å². The van der Waals surface area contributed by atoms with E-state index in [1.54, 1.807) is 24.3 Å². The number of pyridine rings is 1. The molecule has 6 heteroatoms. The first-order chi connectivity index (χ1) is 9.10. The molecule has 0 aliphatic rings. The third-order valence-electron chi connectivity index (χ3n) is 2.49. The van der Waals surface area contributed by atoms with Crippen molar-refractivity contribution in [3.05, 3.63) is 52.7 Å². The Balaban J connectivity index is 2.17. The van der Waals surface area contributed by atoms with Gasteiger partial charge >= 0.3 is 0 Å². The van der Waals surface area contributed by atoms with Crippen LogP contribution in [0.3, 0.4) is 0 Å². The number of aromatic nitrogens is 1. The van der Waals surface area contributed by atoms with Gasteiger partial charge in [0, 0.05) is 22.8 Å². The quantitative estimate of drug-likeness (QED) is 0.391. The average Bonchev–Trinajstić information content (AvgIpc) is 2.43. The van der Waals surface area contributed by atoms with Gasteiger partial charge in [0.15, 0.2) is 5.84 Å². The summed E-state index contributed by atoms with van der Waals surface area (Å²) in [7, 11) is 0. The molecule has 2 rings (SSSR count). The van der Waals surface area contributed by atoms with E-state index in [1.807, 2.05) is 13.0 Å². The molecule has 19 heavy (non-hydrogen) atoms. The first-order valence-corrected chi connectivity index (χ1v) is 5.86. The molecule has 0 aliphatic heterocycles. The zero-order valence-electron chi connectivity index (χ0n) is 10.2. The van der Waals surface area contributed by atoms with Crippen molar-refractivity contribution < 1.29 is 9.94 Å². The van der Waals surface area contributed by atoms with Gasteiger partial charge in [0.2, 0.25) is 5.88 Å². The van der Waals surface area contributed by atoms with Gasteiger partial charge in [0.1, 0.15) is 5.75 Å². The summed E-state index contributed by atoms with van der Waals surface area (Å²) in [5.41, 5.74) is 6.88. The van der Waals surface area contributed by atoms with Crippen molar-refractivity contribution in [2.24, 2.45) is 10.9 Å². The highest BCUT2D eigenvalue weighted by molar-refractivity contribution is 6.31. The maximum atomic E-state index is 8.54. The fourth-order valence-electron chi connectivity index (χ4n) is 1.45. The van der Waals surface area contributed by atoms with Gasteiger partial charge in [-0.1, -0.05) is 16.8 Å². The lowest BCUT2D eigenvalue weighted by Gasteiger charge is -2.06. The third kappa shape index (κ3) is 3.14. The lowest BCUT2D eigenvalue weighted by molar-refractivity contribution is 0.318. The van der Waals surface area contributed by atoms with Gasteiger partial charge in [-0.25, -0.2) is 4.98 Å². The summed E-state index contributed by atoms with van der Waals surface area (Å²) in [6.45, 7) is 1.89. The average molecular weight is 278 g/mol. The molecule has 1 aromatic carbocycles. The Bertz CT molecular complexity index is 612. The van der Waals surface area contributed by atoms with E-state index in [2.05, 4.69) is 10.1 Å². The van der Waals surface area contributed by atoms with Crippen molar-refractivity contribution in [2.45, 2.75) is 6.92 Å². The van der Waals surface area contributed by atoms with Crippen molar-refractivity contribution in [2.75, 3.05) is 0 Å². The number of amidine groups is 1. The minimum Gasteiger partial charge on any atom is -0.439 e. The lowest BCUT2D eigenvalue weighted by atomic mass is 10.2. The van der Waals surface area contributed by atoms with E-state index in [0.29, 0.717) is 22.2 Å². The zero-order valence-corrected chi connectivity index (χ0v) is 10.9. The molecule has 0 amide bonds. The number of hydrogen-bond acceptors (Lipinski definition) is 4. The van der Waals surface area contributed by atoms with E-state index in [-0.39, 0.29) is 5.84 Å². The second-order valence-corrected chi connectivity index (χ2v) is 4.29. The maximum Gasteiger partial charge on any atom is 0.219 e. The van der Waals surface area contributed by atoms with E-state index in [1.165, 1.54) is 6.20 Å².